The molecule has 0 N–H and O–H groups in total. The van der Waals surface area contributed by atoms with Gasteiger partial charge in [-0.3, -0.25) is 0 Å². The molecule has 0 aliphatic carbocycles. The molecule has 0 saturated heterocycles. The summed E-state index contributed by atoms with van der Waals surface area (Å²) in [6.45, 7) is 8.64. The molecule has 0 radical (unpaired) electrons. The smallest absolute Gasteiger partial charge is 0.122 e. The molecule has 1 rings (SSSR count). The lowest BCUT2D eigenvalue weighted by atomic mass is 10.1. The zero-order chi connectivity index (χ0) is 10.6. The highest BCUT2D eigenvalue weighted by atomic mass is 16.5. The number of rotatable bonds is 4. The summed E-state index contributed by atoms with van der Waals surface area (Å²) in [6, 6.07) is 8.27. The molecule has 0 saturated carbocycles. The number of hydrogen-bond acceptors (Lipinski definition) is 1. The van der Waals surface area contributed by atoms with E-state index in [1.807, 2.05) is 6.07 Å². The molecule has 14 heavy (non-hydrogen) atoms. The Morgan fingerprint density at radius 1 is 1.14 bits per heavy atom. The van der Waals surface area contributed by atoms with Crippen LogP contribution in [0, 0.1) is 5.92 Å². The molecule has 0 spiro atoms. The Kier molecular flexibility index (Phi) is 3.99. The van der Waals surface area contributed by atoms with Gasteiger partial charge in [-0.25, -0.2) is 0 Å². The van der Waals surface area contributed by atoms with Crippen molar-refractivity contribution < 1.29 is 4.74 Å². The standard InChI is InChI=1S/C13H20O/c1-5-12-8-6-7-9-13(12)14-11(4)10(2)3/h6-11H,5H2,1-4H3. The molecule has 0 aliphatic rings. The van der Waals surface area contributed by atoms with E-state index in [4.69, 9.17) is 4.74 Å². The molecular formula is C13H20O. The number of para-hydroxylation sites is 1. The number of ether oxygens (including phenoxy) is 1. The summed E-state index contributed by atoms with van der Waals surface area (Å²) in [5.74, 6) is 1.59. The van der Waals surface area contributed by atoms with Crippen LogP contribution in [0.25, 0.3) is 0 Å². The summed E-state index contributed by atoms with van der Waals surface area (Å²) in [6.07, 6.45) is 1.31. The maximum atomic E-state index is 5.90. The first-order valence-electron chi connectivity index (χ1n) is 5.39. The van der Waals surface area contributed by atoms with Crippen molar-refractivity contribution in [1.29, 1.82) is 0 Å². The summed E-state index contributed by atoms with van der Waals surface area (Å²) >= 11 is 0. The van der Waals surface area contributed by atoms with Crippen LogP contribution in [-0.4, -0.2) is 6.10 Å². The third-order valence-corrected chi connectivity index (χ3v) is 2.61. The topological polar surface area (TPSA) is 9.23 Å². The van der Waals surface area contributed by atoms with E-state index in [2.05, 4.69) is 45.9 Å². The fraction of sp³-hybridized carbons (Fsp3) is 0.538. The Hall–Kier alpha value is -0.980. The molecular weight excluding hydrogens is 172 g/mol. The Morgan fingerprint density at radius 3 is 2.36 bits per heavy atom. The van der Waals surface area contributed by atoms with Crippen molar-refractivity contribution in [3.05, 3.63) is 29.8 Å². The fourth-order valence-corrected chi connectivity index (χ4v) is 1.25. The van der Waals surface area contributed by atoms with E-state index < -0.39 is 0 Å². The molecule has 1 aromatic carbocycles. The van der Waals surface area contributed by atoms with Crippen LogP contribution in [0.15, 0.2) is 24.3 Å². The minimum Gasteiger partial charge on any atom is -0.490 e. The molecule has 0 aliphatic heterocycles. The quantitative estimate of drug-likeness (QED) is 0.707. The van der Waals surface area contributed by atoms with Crippen LogP contribution in [0.2, 0.25) is 0 Å². The number of benzene rings is 1. The summed E-state index contributed by atoms with van der Waals surface area (Å²) in [5, 5.41) is 0. The third kappa shape index (κ3) is 2.76. The highest BCUT2D eigenvalue weighted by molar-refractivity contribution is 5.33. The highest BCUT2D eigenvalue weighted by Gasteiger charge is 2.10. The van der Waals surface area contributed by atoms with Crippen molar-refractivity contribution in [2.24, 2.45) is 5.92 Å². The van der Waals surface area contributed by atoms with Gasteiger partial charge >= 0.3 is 0 Å². The average molecular weight is 192 g/mol. The van der Waals surface area contributed by atoms with Crippen molar-refractivity contribution >= 4 is 0 Å². The molecule has 1 nitrogen and oxygen atoms in total. The lowest BCUT2D eigenvalue weighted by molar-refractivity contribution is 0.169. The Labute approximate surface area is 87.1 Å². The molecule has 78 valence electrons. The summed E-state index contributed by atoms with van der Waals surface area (Å²) in [5.41, 5.74) is 1.29. The van der Waals surface area contributed by atoms with Crippen LogP contribution in [0.3, 0.4) is 0 Å². The van der Waals surface area contributed by atoms with Crippen LogP contribution in [0.1, 0.15) is 33.3 Å². The molecule has 1 atom stereocenters. The molecule has 1 heteroatoms. The van der Waals surface area contributed by atoms with Gasteiger partial charge in [0.05, 0.1) is 6.10 Å². The molecule has 0 amide bonds. The first-order chi connectivity index (χ1) is 6.65. The van der Waals surface area contributed by atoms with Gasteiger partial charge in [-0.1, -0.05) is 39.0 Å². The van der Waals surface area contributed by atoms with Gasteiger partial charge in [0.15, 0.2) is 0 Å². The molecule has 0 heterocycles. The lowest BCUT2D eigenvalue weighted by Gasteiger charge is -2.19. The van der Waals surface area contributed by atoms with Crippen molar-refractivity contribution in [3.8, 4) is 5.75 Å². The predicted octanol–water partition coefficient (Wildman–Crippen LogP) is 3.67. The second kappa shape index (κ2) is 5.04. The van der Waals surface area contributed by atoms with Crippen molar-refractivity contribution in [2.45, 2.75) is 40.2 Å². The van der Waals surface area contributed by atoms with Gasteiger partial charge in [0.2, 0.25) is 0 Å². The minimum absolute atomic E-state index is 0.280. The van der Waals surface area contributed by atoms with E-state index >= 15 is 0 Å². The molecule has 0 fully saturated rings. The zero-order valence-electron chi connectivity index (χ0n) is 9.58. The van der Waals surface area contributed by atoms with Gasteiger partial charge in [-0.05, 0) is 30.9 Å². The molecule has 1 aromatic rings. The first-order valence-corrected chi connectivity index (χ1v) is 5.39. The van der Waals surface area contributed by atoms with Crippen molar-refractivity contribution in [1.82, 2.24) is 0 Å². The van der Waals surface area contributed by atoms with Crippen LogP contribution in [0.4, 0.5) is 0 Å². The van der Waals surface area contributed by atoms with Gasteiger partial charge in [0, 0.05) is 0 Å². The average Bonchev–Trinajstić information content (AvgIpc) is 2.18. The highest BCUT2D eigenvalue weighted by Crippen LogP contribution is 2.21. The summed E-state index contributed by atoms with van der Waals surface area (Å²) in [4.78, 5) is 0. The van der Waals surface area contributed by atoms with Crippen molar-refractivity contribution in [3.63, 3.8) is 0 Å². The fourth-order valence-electron chi connectivity index (χ4n) is 1.25. The van der Waals surface area contributed by atoms with Gasteiger partial charge < -0.3 is 4.74 Å². The number of aryl methyl sites for hydroxylation is 1. The van der Waals surface area contributed by atoms with E-state index in [1.165, 1.54) is 5.56 Å². The number of hydrogen-bond donors (Lipinski definition) is 0. The Bertz CT molecular complexity index is 278. The Balaban J connectivity index is 2.75. The maximum absolute atomic E-state index is 5.90. The minimum atomic E-state index is 0.280. The van der Waals surface area contributed by atoms with Gasteiger partial charge in [0.1, 0.15) is 5.75 Å². The molecule has 0 aromatic heterocycles. The van der Waals surface area contributed by atoms with E-state index in [9.17, 15) is 0 Å². The second-order valence-corrected chi connectivity index (χ2v) is 4.03. The predicted molar refractivity (Wildman–Crippen MR) is 60.7 cm³/mol. The SMILES string of the molecule is CCc1ccccc1OC(C)C(C)C. The van der Waals surface area contributed by atoms with Crippen LogP contribution in [0.5, 0.6) is 5.75 Å². The van der Waals surface area contributed by atoms with E-state index in [0.717, 1.165) is 12.2 Å². The largest absolute Gasteiger partial charge is 0.490 e. The second-order valence-electron chi connectivity index (χ2n) is 4.03. The van der Waals surface area contributed by atoms with Gasteiger partial charge in [0.25, 0.3) is 0 Å². The van der Waals surface area contributed by atoms with E-state index in [0.29, 0.717) is 5.92 Å². The van der Waals surface area contributed by atoms with Gasteiger partial charge in [-0.15, -0.1) is 0 Å². The van der Waals surface area contributed by atoms with Crippen LogP contribution >= 0.6 is 0 Å². The summed E-state index contributed by atoms with van der Waals surface area (Å²) < 4.78 is 5.90. The van der Waals surface area contributed by atoms with Crippen LogP contribution < -0.4 is 4.74 Å². The first kappa shape index (κ1) is 11.1. The lowest BCUT2D eigenvalue weighted by Crippen LogP contribution is -2.19. The zero-order valence-corrected chi connectivity index (χ0v) is 9.58. The van der Waals surface area contributed by atoms with E-state index in [-0.39, 0.29) is 6.10 Å². The molecule has 1 unspecified atom stereocenters. The summed E-state index contributed by atoms with van der Waals surface area (Å²) in [7, 11) is 0. The maximum Gasteiger partial charge on any atom is 0.122 e. The normalized spacial score (nSPS) is 12.9. The third-order valence-electron chi connectivity index (χ3n) is 2.61. The van der Waals surface area contributed by atoms with E-state index in [1.54, 1.807) is 0 Å². The Morgan fingerprint density at radius 2 is 1.79 bits per heavy atom. The monoisotopic (exact) mass is 192 g/mol. The van der Waals surface area contributed by atoms with Crippen LogP contribution in [-0.2, 0) is 6.42 Å². The van der Waals surface area contributed by atoms with Crippen molar-refractivity contribution in [2.75, 3.05) is 0 Å². The van der Waals surface area contributed by atoms with Gasteiger partial charge in [-0.2, -0.15) is 0 Å². The molecule has 0 bridgehead atoms.